The summed E-state index contributed by atoms with van der Waals surface area (Å²) in [5, 5.41) is 2.50. The van der Waals surface area contributed by atoms with Crippen molar-refractivity contribution in [2.24, 2.45) is 0 Å². The Labute approximate surface area is 197 Å². The Morgan fingerprint density at radius 1 is 0.909 bits per heavy atom. The molecule has 0 aliphatic carbocycles. The van der Waals surface area contributed by atoms with Crippen LogP contribution in [-0.2, 0) is 11.3 Å². The maximum atomic E-state index is 13.2. The molecule has 7 heteroatoms. The summed E-state index contributed by atoms with van der Waals surface area (Å²) < 4.78 is 16.6. The van der Waals surface area contributed by atoms with Crippen LogP contribution in [0.3, 0.4) is 0 Å². The van der Waals surface area contributed by atoms with E-state index in [-0.39, 0.29) is 12.5 Å². The fourth-order valence-electron chi connectivity index (χ4n) is 3.29. The van der Waals surface area contributed by atoms with Gasteiger partial charge in [0, 0.05) is 10.9 Å². The maximum absolute atomic E-state index is 13.2. The summed E-state index contributed by atoms with van der Waals surface area (Å²) in [4.78, 5) is 19.6. The number of aromatic nitrogens is 1. The lowest BCUT2D eigenvalue weighted by molar-refractivity contribution is -0.120. The smallest absolute Gasteiger partial charge is 0.267 e. The molecule has 168 valence electrons. The van der Waals surface area contributed by atoms with Crippen LogP contribution in [0.4, 0.5) is 5.13 Å². The Bertz CT molecular complexity index is 1200. The van der Waals surface area contributed by atoms with E-state index in [1.165, 1.54) is 11.3 Å². The number of amides is 1. The third-order valence-corrected chi connectivity index (χ3v) is 5.86. The van der Waals surface area contributed by atoms with E-state index in [2.05, 4.69) is 0 Å². The third-order valence-electron chi connectivity index (χ3n) is 5.00. The maximum Gasteiger partial charge on any atom is 0.267 e. The van der Waals surface area contributed by atoms with E-state index < -0.39 is 0 Å². The first-order valence-corrected chi connectivity index (χ1v) is 11.3. The minimum absolute atomic E-state index is 0.0890. The van der Waals surface area contributed by atoms with Crippen molar-refractivity contribution >= 4 is 22.4 Å². The van der Waals surface area contributed by atoms with Crippen LogP contribution in [-0.4, -0.2) is 31.7 Å². The van der Waals surface area contributed by atoms with E-state index in [9.17, 15) is 4.79 Å². The minimum atomic E-state index is -0.179. The molecule has 0 aliphatic heterocycles. The second-order valence-corrected chi connectivity index (χ2v) is 7.99. The number of benzene rings is 3. The number of hydrogen-bond donors (Lipinski definition) is 0. The average Bonchev–Trinajstić information content (AvgIpc) is 3.36. The zero-order valence-corrected chi connectivity index (χ0v) is 19.2. The fourth-order valence-corrected chi connectivity index (χ4v) is 4.14. The summed E-state index contributed by atoms with van der Waals surface area (Å²) in [6, 6.07) is 24.7. The van der Waals surface area contributed by atoms with Crippen LogP contribution in [0.1, 0.15) is 5.56 Å². The van der Waals surface area contributed by atoms with Crippen molar-refractivity contribution in [2.45, 2.75) is 6.54 Å². The molecule has 6 nitrogen and oxygen atoms in total. The lowest BCUT2D eigenvalue weighted by Gasteiger charge is -2.20. The number of carbonyl (C=O) groups excluding carboxylic acids is 1. The van der Waals surface area contributed by atoms with Gasteiger partial charge in [-0.25, -0.2) is 4.98 Å². The Kier molecular flexibility index (Phi) is 7.22. The quantitative estimate of drug-likeness (QED) is 0.333. The number of thiazole rings is 1. The molecule has 33 heavy (non-hydrogen) atoms. The predicted octanol–water partition coefficient (Wildman–Crippen LogP) is 5.44. The molecule has 1 heterocycles. The van der Waals surface area contributed by atoms with Gasteiger partial charge in [0.05, 0.1) is 26.5 Å². The summed E-state index contributed by atoms with van der Waals surface area (Å²) in [5.41, 5.74) is 2.51. The summed E-state index contributed by atoms with van der Waals surface area (Å²) in [6.07, 6.45) is 0. The average molecular weight is 461 g/mol. The normalized spacial score (nSPS) is 10.5. The van der Waals surface area contributed by atoms with Crippen molar-refractivity contribution in [3.8, 4) is 28.5 Å². The molecule has 0 N–H and O–H groups in total. The molecule has 3 aromatic carbocycles. The Morgan fingerprint density at radius 2 is 1.64 bits per heavy atom. The van der Waals surface area contributed by atoms with Gasteiger partial charge in [0.15, 0.2) is 11.7 Å². The molecular weight excluding hydrogens is 436 g/mol. The molecule has 0 radical (unpaired) electrons. The summed E-state index contributed by atoms with van der Waals surface area (Å²) >= 11 is 1.40. The second kappa shape index (κ2) is 10.7. The molecule has 4 rings (SSSR count). The number of nitrogens with zero attached hydrogens (tertiary/aromatic N) is 2. The highest BCUT2D eigenvalue weighted by atomic mass is 32.1. The Hall–Kier alpha value is -3.84. The molecule has 0 fully saturated rings. The van der Waals surface area contributed by atoms with Crippen molar-refractivity contribution in [1.29, 1.82) is 0 Å². The molecule has 1 aromatic heterocycles. The van der Waals surface area contributed by atoms with Crippen molar-refractivity contribution in [3.05, 3.63) is 89.8 Å². The lowest BCUT2D eigenvalue weighted by Crippen LogP contribution is -2.34. The van der Waals surface area contributed by atoms with Gasteiger partial charge in [-0.15, -0.1) is 11.3 Å². The van der Waals surface area contributed by atoms with Crippen molar-refractivity contribution in [3.63, 3.8) is 0 Å². The number of carbonyl (C=O) groups is 1. The first kappa shape index (κ1) is 22.4. The van der Waals surface area contributed by atoms with Gasteiger partial charge in [-0.05, 0) is 35.9 Å². The highest BCUT2D eigenvalue weighted by Crippen LogP contribution is 2.36. The monoisotopic (exact) mass is 460 g/mol. The zero-order chi connectivity index (χ0) is 23.0. The summed E-state index contributed by atoms with van der Waals surface area (Å²) in [7, 11) is 3.23. The number of methoxy groups -OCH3 is 2. The number of rotatable bonds is 9. The molecular formula is C26H24N2O4S. The standard InChI is InChI=1S/C26H24N2O4S/c1-30-21-13-14-24(31-2)22(15-21)23-18-33-26(27-23)28(16-19-9-5-3-6-10-19)25(29)17-32-20-11-7-4-8-12-20/h3-15,18H,16-17H2,1-2H3. The molecule has 0 spiro atoms. The molecule has 0 aliphatic rings. The molecule has 0 atom stereocenters. The minimum Gasteiger partial charge on any atom is -0.497 e. The van der Waals surface area contributed by atoms with Gasteiger partial charge in [-0.3, -0.25) is 9.69 Å². The van der Waals surface area contributed by atoms with Gasteiger partial charge >= 0.3 is 0 Å². The van der Waals surface area contributed by atoms with Crippen LogP contribution >= 0.6 is 11.3 Å². The third kappa shape index (κ3) is 5.51. The van der Waals surface area contributed by atoms with Gasteiger partial charge in [0.25, 0.3) is 5.91 Å². The summed E-state index contributed by atoms with van der Waals surface area (Å²) in [5.74, 6) is 1.85. The zero-order valence-electron chi connectivity index (χ0n) is 18.4. The number of para-hydroxylation sites is 1. The largest absolute Gasteiger partial charge is 0.497 e. The van der Waals surface area contributed by atoms with E-state index >= 15 is 0 Å². The van der Waals surface area contributed by atoms with Gasteiger partial charge < -0.3 is 14.2 Å². The molecule has 0 unspecified atom stereocenters. The molecule has 4 aromatic rings. The second-order valence-electron chi connectivity index (χ2n) is 7.15. The van der Waals surface area contributed by atoms with Crippen LogP contribution in [0.5, 0.6) is 17.2 Å². The first-order chi connectivity index (χ1) is 16.2. The van der Waals surface area contributed by atoms with Crippen LogP contribution in [0.25, 0.3) is 11.3 Å². The Morgan fingerprint density at radius 3 is 2.33 bits per heavy atom. The number of ether oxygens (including phenoxy) is 3. The topological polar surface area (TPSA) is 60.9 Å². The fraction of sp³-hybridized carbons (Fsp3) is 0.154. The van der Waals surface area contributed by atoms with E-state index in [0.717, 1.165) is 11.1 Å². The molecule has 0 saturated carbocycles. The number of hydrogen-bond acceptors (Lipinski definition) is 6. The lowest BCUT2D eigenvalue weighted by atomic mass is 10.1. The van der Waals surface area contributed by atoms with Crippen LogP contribution in [0.2, 0.25) is 0 Å². The Balaban J connectivity index is 1.62. The van der Waals surface area contributed by atoms with E-state index in [0.29, 0.717) is 34.6 Å². The van der Waals surface area contributed by atoms with Gasteiger partial charge in [-0.2, -0.15) is 0 Å². The van der Waals surface area contributed by atoms with Crippen molar-refractivity contribution in [2.75, 3.05) is 25.7 Å². The van der Waals surface area contributed by atoms with Gasteiger partial charge in [0.1, 0.15) is 17.2 Å². The van der Waals surface area contributed by atoms with Gasteiger partial charge in [-0.1, -0.05) is 48.5 Å². The van der Waals surface area contributed by atoms with E-state index in [1.807, 2.05) is 84.2 Å². The van der Waals surface area contributed by atoms with Crippen molar-refractivity contribution in [1.82, 2.24) is 4.98 Å². The SMILES string of the molecule is COc1ccc(OC)c(-c2csc(N(Cc3ccccc3)C(=O)COc3ccccc3)n2)c1. The first-order valence-electron chi connectivity index (χ1n) is 10.4. The molecule has 1 amide bonds. The van der Waals surface area contributed by atoms with E-state index in [4.69, 9.17) is 19.2 Å². The van der Waals surface area contributed by atoms with Crippen molar-refractivity contribution < 1.29 is 19.0 Å². The predicted molar refractivity (Wildman–Crippen MR) is 130 cm³/mol. The highest BCUT2D eigenvalue weighted by Gasteiger charge is 2.22. The number of anilines is 1. The van der Waals surface area contributed by atoms with Crippen LogP contribution < -0.4 is 19.1 Å². The van der Waals surface area contributed by atoms with Gasteiger partial charge in [0.2, 0.25) is 0 Å². The highest BCUT2D eigenvalue weighted by molar-refractivity contribution is 7.14. The summed E-state index contributed by atoms with van der Waals surface area (Å²) in [6.45, 7) is 0.300. The molecule has 0 saturated heterocycles. The van der Waals surface area contributed by atoms with E-state index in [1.54, 1.807) is 19.1 Å². The molecule has 0 bridgehead atoms. The van der Waals surface area contributed by atoms with Crippen LogP contribution in [0, 0.1) is 0 Å². The van der Waals surface area contributed by atoms with Crippen LogP contribution in [0.15, 0.2) is 84.2 Å².